The predicted molar refractivity (Wildman–Crippen MR) is 100 cm³/mol. The highest BCUT2D eigenvalue weighted by Crippen LogP contribution is 2.25. The van der Waals surface area contributed by atoms with Gasteiger partial charge in [0.15, 0.2) is 0 Å². The Morgan fingerprint density at radius 2 is 1.46 bits per heavy atom. The Hall–Kier alpha value is -3.13. The van der Waals surface area contributed by atoms with Crippen molar-refractivity contribution in [2.75, 3.05) is 6.61 Å². The van der Waals surface area contributed by atoms with Crippen molar-refractivity contribution in [3.05, 3.63) is 109 Å². The molecule has 0 atom stereocenters. The summed E-state index contributed by atoms with van der Waals surface area (Å²) in [6.07, 6.45) is 1.74. The molecule has 3 aromatic carbocycles. The van der Waals surface area contributed by atoms with Crippen molar-refractivity contribution in [3.63, 3.8) is 0 Å². The average Bonchev–Trinajstić information content (AvgIpc) is 2.66. The van der Waals surface area contributed by atoms with Crippen LogP contribution in [0.1, 0.15) is 11.1 Å². The maximum absolute atomic E-state index is 5.83. The lowest BCUT2D eigenvalue weighted by Crippen LogP contribution is -2.06. The molecule has 0 aliphatic heterocycles. The van der Waals surface area contributed by atoms with Crippen LogP contribution in [-0.2, 0) is 0 Å². The van der Waals surface area contributed by atoms with Crippen LogP contribution >= 0.6 is 0 Å². The van der Waals surface area contributed by atoms with Crippen LogP contribution in [0.3, 0.4) is 0 Å². The fraction of sp³-hybridized carbons (Fsp3) is 0.0455. The number of hydrogen-bond donors (Lipinski definition) is 0. The zero-order valence-corrected chi connectivity index (χ0v) is 13.4. The van der Waals surface area contributed by atoms with Crippen LogP contribution in [0.15, 0.2) is 103 Å². The van der Waals surface area contributed by atoms with Gasteiger partial charge in [-0.1, -0.05) is 73.3 Å². The molecule has 0 amide bonds. The lowest BCUT2D eigenvalue weighted by Gasteiger charge is -2.13. The van der Waals surface area contributed by atoms with E-state index in [1.54, 1.807) is 6.08 Å². The number of para-hydroxylation sites is 2. The zero-order valence-electron chi connectivity index (χ0n) is 13.4. The van der Waals surface area contributed by atoms with E-state index in [1.165, 1.54) is 0 Å². The Kier molecular flexibility index (Phi) is 5.21. The average molecular weight is 313 g/mol. The molecule has 3 aromatic rings. The topological polar surface area (TPSA) is 21.6 Å². The molecular weight excluding hydrogens is 294 g/mol. The summed E-state index contributed by atoms with van der Waals surface area (Å²) >= 11 is 0. The van der Waals surface area contributed by atoms with Crippen molar-refractivity contribution in [2.45, 2.75) is 0 Å². The Morgan fingerprint density at radius 1 is 0.833 bits per heavy atom. The van der Waals surface area contributed by atoms with Crippen molar-refractivity contribution in [1.82, 2.24) is 0 Å². The van der Waals surface area contributed by atoms with Gasteiger partial charge in [0.25, 0.3) is 0 Å². The van der Waals surface area contributed by atoms with E-state index < -0.39 is 0 Å². The van der Waals surface area contributed by atoms with Gasteiger partial charge < -0.3 is 4.74 Å². The van der Waals surface area contributed by atoms with Gasteiger partial charge in [0.2, 0.25) is 0 Å². The first-order valence-electron chi connectivity index (χ1n) is 7.91. The van der Waals surface area contributed by atoms with E-state index in [1.807, 2.05) is 72.8 Å². The Morgan fingerprint density at radius 3 is 2.17 bits per heavy atom. The smallest absolute Gasteiger partial charge is 0.129 e. The van der Waals surface area contributed by atoms with Gasteiger partial charge in [0.1, 0.15) is 12.4 Å². The maximum Gasteiger partial charge on any atom is 0.129 e. The van der Waals surface area contributed by atoms with Crippen LogP contribution in [0.4, 0.5) is 5.69 Å². The van der Waals surface area contributed by atoms with Crippen molar-refractivity contribution < 1.29 is 4.74 Å². The first-order chi connectivity index (χ1) is 11.9. The summed E-state index contributed by atoms with van der Waals surface area (Å²) in [5.74, 6) is 0.802. The summed E-state index contributed by atoms with van der Waals surface area (Å²) in [4.78, 5) is 4.88. The van der Waals surface area contributed by atoms with E-state index in [-0.39, 0.29) is 0 Å². The molecule has 24 heavy (non-hydrogen) atoms. The second-order valence-electron chi connectivity index (χ2n) is 5.26. The molecule has 118 valence electrons. The molecule has 0 radical (unpaired) electrons. The van der Waals surface area contributed by atoms with Gasteiger partial charge in [0.05, 0.1) is 11.4 Å². The highest BCUT2D eigenvalue weighted by atomic mass is 16.5. The van der Waals surface area contributed by atoms with Crippen molar-refractivity contribution >= 4 is 11.4 Å². The zero-order chi connectivity index (χ0) is 16.6. The summed E-state index contributed by atoms with van der Waals surface area (Å²) in [6.45, 7) is 4.18. The molecule has 0 saturated heterocycles. The summed E-state index contributed by atoms with van der Waals surface area (Å²) < 4.78 is 5.83. The fourth-order valence-electron chi connectivity index (χ4n) is 2.44. The molecule has 0 saturated carbocycles. The van der Waals surface area contributed by atoms with E-state index in [0.29, 0.717) is 6.61 Å². The van der Waals surface area contributed by atoms with E-state index in [4.69, 9.17) is 9.73 Å². The van der Waals surface area contributed by atoms with Crippen molar-refractivity contribution in [3.8, 4) is 5.75 Å². The van der Waals surface area contributed by atoms with E-state index in [2.05, 4.69) is 18.7 Å². The predicted octanol–water partition coefficient (Wildman–Crippen LogP) is 5.42. The lowest BCUT2D eigenvalue weighted by molar-refractivity contribution is 0.362. The molecular formula is C22H19NO. The standard InChI is InChI=1S/C22H19NO/c1-2-17-24-21-16-10-9-15-20(21)22(18-11-5-3-6-12-18)23-19-13-7-4-8-14-19/h2-16H,1,17H2. The van der Waals surface area contributed by atoms with Crippen molar-refractivity contribution in [2.24, 2.45) is 4.99 Å². The van der Waals surface area contributed by atoms with E-state index >= 15 is 0 Å². The molecule has 0 aliphatic carbocycles. The molecule has 0 spiro atoms. The van der Waals surface area contributed by atoms with Crippen molar-refractivity contribution in [1.29, 1.82) is 0 Å². The van der Waals surface area contributed by atoms with E-state index in [0.717, 1.165) is 28.3 Å². The van der Waals surface area contributed by atoms with Gasteiger partial charge in [-0.15, -0.1) is 0 Å². The number of nitrogens with zero attached hydrogens (tertiary/aromatic N) is 1. The molecule has 0 aliphatic rings. The number of benzene rings is 3. The Balaban J connectivity index is 2.13. The first-order valence-corrected chi connectivity index (χ1v) is 7.91. The molecule has 2 nitrogen and oxygen atoms in total. The SMILES string of the molecule is C=CCOc1ccccc1C(=Nc1ccccc1)c1ccccc1. The van der Waals surface area contributed by atoms with Gasteiger partial charge in [0, 0.05) is 11.1 Å². The van der Waals surface area contributed by atoms with Gasteiger partial charge in [-0.2, -0.15) is 0 Å². The van der Waals surface area contributed by atoms with Crippen LogP contribution in [0.25, 0.3) is 0 Å². The minimum absolute atomic E-state index is 0.463. The largest absolute Gasteiger partial charge is 0.489 e. The quantitative estimate of drug-likeness (QED) is 0.440. The third-order valence-electron chi connectivity index (χ3n) is 3.54. The maximum atomic E-state index is 5.83. The molecule has 0 heterocycles. The number of aliphatic imine (C=N–C) groups is 1. The summed E-state index contributed by atoms with van der Waals surface area (Å²) in [7, 11) is 0. The third kappa shape index (κ3) is 3.79. The molecule has 3 rings (SSSR count). The summed E-state index contributed by atoms with van der Waals surface area (Å²) in [5, 5.41) is 0. The molecule has 0 aromatic heterocycles. The highest BCUT2D eigenvalue weighted by Gasteiger charge is 2.12. The lowest BCUT2D eigenvalue weighted by atomic mass is 10.0. The van der Waals surface area contributed by atoms with Crippen LogP contribution in [0.2, 0.25) is 0 Å². The Bertz CT molecular complexity index is 823. The second kappa shape index (κ2) is 7.93. The van der Waals surface area contributed by atoms with Gasteiger partial charge >= 0.3 is 0 Å². The minimum Gasteiger partial charge on any atom is -0.489 e. The fourth-order valence-corrected chi connectivity index (χ4v) is 2.44. The molecule has 2 heteroatoms. The molecule has 0 fully saturated rings. The monoisotopic (exact) mass is 313 g/mol. The van der Waals surface area contributed by atoms with Crippen LogP contribution < -0.4 is 4.74 Å². The molecule has 0 unspecified atom stereocenters. The summed E-state index contributed by atoms with van der Waals surface area (Å²) in [6, 6.07) is 28.1. The molecule has 0 bridgehead atoms. The van der Waals surface area contributed by atoms with Gasteiger partial charge in [-0.25, -0.2) is 4.99 Å². The van der Waals surface area contributed by atoms with Crippen LogP contribution in [0.5, 0.6) is 5.75 Å². The number of ether oxygens (including phenoxy) is 1. The Labute approximate surface area is 142 Å². The summed E-state index contributed by atoms with van der Waals surface area (Å²) in [5.41, 5.74) is 3.82. The van der Waals surface area contributed by atoms with Gasteiger partial charge in [-0.05, 0) is 24.3 Å². The van der Waals surface area contributed by atoms with Gasteiger partial charge in [-0.3, -0.25) is 0 Å². The first kappa shape index (κ1) is 15.8. The molecule has 0 N–H and O–H groups in total. The second-order valence-corrected chi connectivity index (χ2v) is 5.26. The van der Waals surface area contributed by atoms with Crippen LogP contribution in [-0.4, -0.2) is 12.3 Å². The highest BCUT2D eigenvalue weighted by molar-refractivity contribution is 6.15. The number of hydrogen-bond acceptors (Lipinski definition) is 2. The number of rotatable bonds is 6. The third-order valence-corrected chi connectivity index (χ3v) is 3.54. The van der Waals surface area contributed by atoms with E-state index in [9.17, 15) is 0 Å². The van der Waals surface area contributed by atoms with Crippen LogP contribution in [0, 0.1) is 0 Å². The minimum atomic E-state index is 0.463. The normalized spacial score (nSPS) is 11.1.